The lowest BCUT2D eigenvalue weighted by Crippen LogP contribution is -2.15. The summed E-state index contributed by atoms with van der Waals surface area (Å²) in [4.78, 5) is 15.2. The van der Waals surface area contributed by atoms with Gasteiger partial charge >= 0.3 is 0 Å². The summed E-state index contributed by atoms with van der Waals surface area (Å²) in [5, 5.41) is 2.74. The monoisotopic (exact) mass is 329 g/mol. The molecule has 0 unspecified atom stereocenters. The van der Waals surface area contributed by atoms with Gasteiger partial charge in [-0.15, -0.1) is 0 Å². The molecule has 1 aromatic carbocycles. The minimum atomic E-state index is 0.496. The van der Waals surface area contributed by atoms with E-state index in [4.69, 9.17) is 0 Å². The molecule has 0 atom stereocenters. The number of hydrogen-bond acceptors (Lipinski definition) is 2. The van der Waals surface area contributed by atoms with Crippen molar-refractivity contribution in [3.05, 3.63) is 30.1 Å². The molecule has 0 aliphatic carbocycles. The first-order valence-electron chi connectivity index (χ1n) is 9.48. The fraction of sp³-hybridized carbons (Fsp3) is 0.600. The zero-order valence-corrected chi connectivity index (χ0v) is 15.0. The van der Waals surface area contributed by atoms with Crippen molar-refractivity contribution < 1.29 is 4.79 Å². The molecular formula is C20H31N3O. The van der Waals surface area contributed by atoms with Crippen LogP contribution in [0.5, 0.6) is 0 Å². The predicted octanol–water partition coefficient (Wildman–Crippen LogP) is 4.81. The van der Waals surface area contributed by atoms with Gasteiger partial charge in [0.05, 0.1) is 17.6 Å². The van der Waals surface area contributed by atoms with Gasteiger partial charge in [0, 0.05) is 6.54 Å². The number of unbranched alkanes of at least 4 members (excludes halogenated alkanes) is 8. The largest absolute Gasteiger partial charge is 0.351 e. The van der Waals surface area contributed by atoms with Gasteiger partial charge < -0.3 is 9.88 Å². The summed E-state index contributed by atoms with van der Waals surface area (Å²) in [5.41, 5.74) is 2.18. The number of aryl methyl sites for hydroxylation is 1. The predicted molar refractivity (Wildman–Crippen MR) is 99.9 cm³/mol. The molecule has 2 aromatic rings. The maximum Gasteiger partial charge on any atom is 0.207 e. The molecular weight excluding hydrogens is 298 g/mol. The van der Waals surface area contributed by atoms with Crippen LogP contribution in [0.3, 0.4) is 0 Å². The standard InChI is InChI=1S/C20H31N3O/c1-2-3-4-5-6-7-8-9-12-15-23-19-14-11-10-13-18(19)22-20(23)16-21-17-24/h10-11,13-14,17H,2-9,12,15-16H2,1H3,(H,21,24). The van der Waals surface area contributed by atoms with Crippen LogP contribution in [0.2, 0.25) is 0 Å². The van der Waals surface area contributed by atoms with Gasteiger partial charge in [-0.1, -0.05) is 70.4 Å². The van der Waals surface area contributed by atoms with E-state index in [2.05, 4.69) is 27.9 Å². The number of imidazole rings is 1. The number of hydrogen-bond donors (Lipinski definition) is 1. The summed E-state index contributed by atoms with van der Waals surface area (Å²) in [6.45, 7) is 3.74. The number of fused-ring (bicyclic) bond motifs is 1. The average Bonchev–Trinajstić information content (AvgIpc) is 2.96. The highest BCUT2D eigenvalue weighted by atomic mass is 16.1. The molecule has 4 heteroatoms. The molecule has 2 rings (SSSR count). The van der Waals surface area contributed by atoms with Crippen LogP contribution >= 0.6 is 0 Å². The Morgan fingerprint density at radius 2 is 1.67 bits per heavy atom. The lowest BCUT2D eigenvalue weighted by molar-refractivity contribution is -0.109. The summed E-state index contributed by atoms with van der Waals surface area (Å²) in [5.74, 6) is 0.947. The molecule has 1 heterocycles. The van der Waals surface area contributed by atoms with E-state index >= 15 is 0 Å². The molecule has 0 spiro atoms. The number of nitrogens with one attached hydrogen (secondary N) is 1. The first-order chi connectivity index (χ1) is 11.9. The van der Waals surface area contributed by atoms with Crippen LogP contribution in [0.25, 0.3) is 11.0 Å². The molecule has 1 aromatic heterocycles. The maximum absolute atomic E-state index is 10.6. The fourth-order valence-corrected chi connectivity index (χ4v) is 3.22. The smallest absolute Gasteiger partial charge is 0.207 e. The van der Waals surface area contributed by atoms with Crippen LogP contribution < -0.4 is 5.32 Å². The summed E-state index contributed by atoms with van der Waals surface area (Å²) < 4.78 is 2.26. The molecule has 24 heavy (non-hydrogen) atoms. The number of aromatic nitrogens is 2. The van der Waals surface area contributed by atoms with Gasteiger partial charge in [-0.2, -0.15) is 0 Å². The third kappa shape index (κ3) is 5.66. The van der Waals surface area contributed by atoms with Crippen LogP contribution in [0, 0.1) is 0 Å². The third-order valence-electron chi connectivity index (χ3n) is 4.56. The second-order valence-corrected chi connectivity index (χ2v) is 6.50. The topological polar surface area (TPSA) is 46.9 Å². The highest BCUT2D eigenvalue weighted by molar-refractivity contribution is 5.75. The van der Waals surface area contributed by atoms with Gasteiger partial charge in [-0.3, -0.25) is 4.79 Å². The number of benzene rings is 1. The summed E-state index contributed by atoms with van der Waals surface area (Å²) in [6, 6.07) is 8.20. The molecule has 0 bridgehead atoms. The Morgan fingerprint density at radius 1 is 1.00 bits per heavy atom. The van der Waals surface area contributed by atoms with Crippen molar-refractivity contribution in [1.82, 2.24) is 14.9 Å². The van der Waals surface area contributed by atoms with Gasteiger partial charge in [0.15, 0.2) is 0 Å². The van der Waals surface area contributed by atoms with Crippen molar-refractivity contribution in [3.8, 4) is 0 Å². The SMILES string of the molecule is CCCCCCCCCCCn1c(CNC=O)nc2ccccc21. The van der Waals surface area contributed by atoms with Gasteiger partial charge in [0.25, 0.3) is 0 Å². The average molecular weight is 329 g/mol. The van der Waals surface area contributed by atoms with Crippen molar-refractivity contribution >= 4 is 17.4 Å². The van der Waals surface area contributed by atoms with Crippen LogP contribution in [0.1, 0.15) is 70.5 Å². The molecule has 1 N–H and O–H groups in total. The van der Waals surface area contributed by atoms with E-state index in [9.17, 15) is 4.79 Å². The molecule has 132 valence electrons. The quantitative estimate of drug-likeness (QED) is 0.423. The van der Waals surface area contributed by atoms with E-state index in [0.29, 0.717) is 6.54 Å². The number of para-hydroxylation sites is 2. The number of amides is 1. The second kappa shape index (κ2) is 10.8. The Labute approximate surface area is 145 Å². The van der Waals surface area contributed by atoms with Crippen molar-refractivity contribution in [2.75, 3.05) is 0 Å². The van der Waals surface area contributed by atoms with Crippen LogP contribution in [0.4, 0.5) is 0 Å². The molecule has 0 saturated carbocycles. The van der Waals surface area contributed by atoms with Gasteiger partial charge in [-0.05, 0) is 18.6 Å². The molecule has 4 nitrogen and oxygen atoms in total. The fourth-order valence-electron chi connectivity index (χ4n) is 3.22. The van der Waals surface area contributed by atoms with E-state index in [1.807, 2.05) is 18.2 Å². The number of rotatable bonds is 13. The molecule has 0 radical (unpaired) electrons. The molecule has 1 amide bonds. The highest BCUT2D eigenvalue weighted by Crippen LogP contribution is 2.18. The summed E-state index contributed by atoms with van der Waals surface area (Å²) in [7, 11) is 0. The molecule has 0 fully saturated rings. The van der Waals surface area contributed by atoms with Gasteiger partial charge in [-0.25, -0.2) is 4.98 Å². The zero-order valence-electron chi connectivity index (χ0n) is 15.0. The number of carbonyl (C=O) groups is 1. The van der Waals surface area contributed by atoms with E-state index < -0.39 is 0 Å². The van der Waals surface area contributed by atoms with E-state index in [-0.39, 0.29) is 0 Å². The Hall–Kier alpha value is -1.84. The minimum absolute atomic E-state index is 0.496. The van der Waals surface area contributed by atoms with Crippen LogP contribution in [0.15, 0.2) is 24.3 Å². The first kappa shape index (κ1) is 18.5. The third-order valence-corrected chi connectivity index (χ3v) is 4.56. The Balaban J connectivity index is 1.78. The normalized spacial score (nSPS) is 11.0. The van der Waals surface area contributed by atoms with Crippen molar-refractivity contribution in [3.63, 3.8) is 0 Å². The van der Waals surface area contributed by atoms with Gasteiger partial charge in [0.1, 0.15) is 5.82 Å². The molecule has 0 saturated heterocycles. The lowest BCUT2D eigenvalue weighted by atomic mass is 10.1. The number of carbonyl (C=O) groups excluding carboxylic acids is 1. The summed E-state index contributed by atoms with van der Waals surface area (Å²) in [6.07, 6.45) is 12.7. The number of nitrogens with zero attached hydrogens (tertiary/aromatic N) is 2. The lowest BCUT2D eigenvalue weighted by Gasteiger charge is -2.09. The highest BCUT2D eigenvalue weighted by Gasteiger charge is 2.09. The Bertz CT molecular complexity index is 606. The first-order valence-corrected chi connectivity index (χ1v) is 9.48. The van der Waals surface area contributed by atoms with E-state index in [0.717, 1.165) is 24.3 Å². The molecule has 0 aliphatic heterocycles. The van der Waals surface area contributed by atoms with Gasteiger partial charge in [0.2, 0.25) is 6.41 Å². The Kier molecular flexibility index (Phi) is 8.36. The van der Waals surface area contributed by atoms with Crippen LogP contribution in [-0.4, -0.2) is 16.0 Å². The maximum atomic E-state index is 10.6. The van der Waals surface area contributed by atoms with E-state index in [1.165, 1.54) is 63.3 Å². The summed E-state index contributed by atoms with van der Waals surface area (Å²) >= 11 is 0. The van der Waals surface area contributed by atoms with Crippen LogP contribution in [-0.2, 0) is 17.9 Å². The van der Waals surface area contributed by atoms with Crippen molar-refractivity contribution in [1.29, 1.82) is 0 Å². The minimum Gasteiger partial charge on any atom is -0.351 e. The van der Waals surface area contributed by atoms with E-state index in [1.54, 1.807) is 0 Å². The Morgan fingerprint density at radius 3 is 2.38 bits per heavy atom. The van der Waals surface area contributed by atoms with Crippen molar-refractivity contribution in [2.24, 2.45) is 0 Å². The van der Waals surface area contributed by atoms with Crippen molar-refractivity contribution in [2.45, 2.75) is 77.8 Å². The zero-order chi connectivity index (χ0) is 17.0. The molecule has 0 aliphatic rings. The second-order valence-electron chi connectivity index (χ2n) is 6.50.